The molecule has 8 heteroatoms. The Balaban J connectivity index is 0.000000381. The number of anilines is 1. The van der Waals surface area contributed by atoms with Gasteiger partial charge in [0.1, 0.15) is 0 Å². The first-order chi connectivity index (χ1) is 11.9. The number of H-pyrrole nitrogens is 1. The molecule has 0 atom stereocenters. The van der Waals surface area contributed by atoms with Gasteiger partial charge in [-0.25, -0.2) is 9.78 Å². The molecule has 25 heavy (non-hydrogen) atoms. The van der Waals surface area contributed by atoms with Crippen LogP contribution in [0.25, 0.3) is 0 Å². The van der Waals surface area contributed by atoms with Gasteiger partial charge in [0.05, 0.1) is 0 Å². The highest BCUT2D eigenvalue weighted by atomic mass is 16.2. The normalized spacial score (nSPS) is 15.3. The monoisotopic (exact) mass is 351 g/mol. The summed E-state index contributed by atoms with van der Waals surface area (Å²) in [6, 6.07) is 0.972. The van der Waals surface area contributed by atoms with Crippen molar-refractivity contribution >= 4 is 17.9 Å². The van der Waals surface area contributed by atoms with Crippen LogP contribution < -0.4 is 21.5 Å². The third-order valence-corrected chi connectivity index (χ3v) is 3.97. The predicted octanol–water partition coefficient (Wildman–Crippen LogP) is 2.15. The molecule has 1 aliphatic rings. The maximum atomic E-state index is 11.8. The van der Waals surface area contributed by atoms with Gasteiger partial charge in [-0.3, -0.25) is 19.9 Å². The van der Waals surface area contributed by atoms with Crippen molar-refractivity contribution in [1.29, 1.82) is 0 Å². The van der Waals surface area contributed by atoms with Crippen LogP contribution in [0.2, 0.25) is 0 Å². The molecule has 0 aliphatic heterocycles. The van der Waals surface area contributed by atoms with Crippen LogP contribution in [-0.4, -0.2) is 34.0 Å². The van der Waals surface area contributed by atoms with Crippen LogP contribution >= 0.6 is 0 Å². The van der Waals surface area contributed by atoms with Gasteiger partial charge in [0.2, 0.25) is 11.9 Å². The van der Waals surface area contributed by atoms with Crippen molar-refractivity contribution in [3.05, 3.63) is 22.6 Å². The minimum Gasteiger partial charge on any atom is -0.356 e. The molecule has 8 nitrogen and oxygen atoms in total. The molecule has 0 aromatic carbocycles. The summed E-state index contributed by atoms with van der Waals surface area (Å²) >= 11 is 0. The van der Waals surface area contributed by atoms with Crippen molar-refractivity contribution in [2.75, 3.05) is 11.9 Å². The average molecular weight is 351 g/mol. The number of rotatable bonds is 4. The number of carbonyl (C=O) groups excluding carboxylic acids is 2. The van der Waals surface area contributed by atoms with Crippen LogP contribution in [-0.2, 0) is 4.79 Å². The first-order valence-corrected chi connectivity index (χ1v) is 8.79. The lowest BCUT2D eigenvalue weighted by molar-refractivity contribution is -0.120. The minimum atomic E-state index is -0.325. The maximum absolute atomic E-state index is 11.8. The fraction of sp³-hybridized carbons (Fsp3) is 0.647. The molecule has 2 rings (SSSR count). The highest BCUT2D eigenvalue weighted by molar-refractivity contribution is 5.87. The first kappa shape index (κ1) is 20.7. The summed E-state index contributed by atoms with van der Waals surface area (Å²) in [4.78, 5) is 39.5. The summed E-state index contributed by atoms with van der Waals surface area (Å²) in [6.45, 7) is 6.54. The van der Waals surface area contributed by atoms with Crippen molar-refractivity contribution in [3.63, 3.8) is 0 Å². The number of hydrogen-bond donors (Lipinski definition) is 4. The van der Waals surface area contributed by atoms with E-state index in [0.29, 0.717) is 6.42 Å². The molecule has 1 fully saturated rings. The first-order valence-electron chi connectivity index (χ1n) is 8.79. The van der Waals surface area contributed by atoms with E-state index in [2.05, 4.69) is 25.9 Å². The van der Waals surface area contributed by atoms with E-state index in [-0.39, 0.29) is 29.0 Å². The van der Waals surface area contributed by atoms with Crippen molar-refractivity contribution in [2.24, 2.45) is 0 Å². The van der Waals surface area contributed by atoms with Crippen LogP contribution in [0.4, 0.5) is 10.7 Å². The lowest BCUT2D eigenvalue weighted by atomic mass is 9.83. The van der Waals surface area contributed by atoms with Crippen LogP contribution in [0.5, 0.6) is 0 Å². The molecule has 1 aliphatic carbocycles. The molecule has 4 N–H and O–H groups in total. The number of hydrogen-bond acceptors (Lipinski definition) is 4. The Labute approximate surface area is 148 Å². The molecule has 1 heterocycles. The van der Waals surface area contributed by atoms with Crippen LogP contribution in [0.1, 0.15) is 59.3 Å². The van der Waals surface area contributed by atoms with E-state index >= 15 is 0 Å². The van der Waals surface area contributed by atoms with E-state index in [0.717, 1.165) is 32.2 Å². The van der Waals surface area contributed by atoms with Crippen LogP contribution in [0, 0.1) is 0 Å². The molecule has 0 saturated heterocycles. The predicted molar refractivity (Wildman–Crippen MR) is 97.5 cm³/mol. The van der Waals surface area contributed by atoms with Crippen LogP contribution in [0.15, 0.2) is 17.1 Å². The zero-order valence-corrected chi connectivity index (χ0v) is 15.3. The lowest BCUT2D eigenvalue weighted by Gasteiger charge is -2.34. The Morgan fingerprint density at radius 3 is 2.44 bits per heavy atom. The van der Waals surface area contributed by atoms with Gasteiger partial charge < -0.3 is 10.6 Å². The number of nitrogens with zero attached hydrogens (tertiary/aromatic N) is 1. The molecule has 0 unspecified atom stereocenters. The fourth-order valence-corrected chi connectivity index (χ4v) is 2.63. The third-order valence-electron chi connectivity index (χ3n) is 3.97. The highest BCUT2D eigenvalue weighted by Crippen LogP contribution is 2.27. The van der Waals surface area contributed by atoms with Crippen molar-refractivity contribution < 1.29 is 9.59 Å². The Kier molecular flexibility index (Phi) is 8.66. The number of aromatic amines is 1. The Hall–Kier alpha value is -2.38. The van der Waals surface area contributed by atoms with E-state index in [1.54, 1.807) is 0 Å². The Morgan fingerprint density at radius 1 is 1.24 bits per heavy atom. The van der Waals surface area contributed by atoms with Gasteiger partial charge in [0, 0.05) is 30.8 Å². The van der Waals surface area contributed by atoms with E-state index < -0.39 is 0 Å². The lowest BCUT2D eigenvalue weighted by Crippen LogP contribution is -2.49. The van der Waals surface area contributed by atoms with Gasteiger partial charge >= 0.3 is 6.03 Å². The number of amides is 3. The van der Waals surface area contributed by atoms with Gasteiger partial charge in [0.25, 0.3) is 5.56 Å². The van der Waals surface area contributed by atoms with Gasteiger partial charge in [-0.2, -0.15) is 0 Å². The Bertz CT molecular complexity index is 608. The molecule has 0 spiro atoms. The van der Waals surface area contributed by atoms with E-state index in [4.69, 9.17) is 0 Å². The third kappa shape index (κ3) is 8.32. The number of nitrogens with one attached hydrogen (secondary N) is 4. The van der Waals surface area contributed by atoms with Gasteiger partial charge in [-0.15, -0.1) is 0 Å². The van der Waals surface area contributed by atoms with E-state index in [9.17, 15) is 14.4 Å². The standard InChI is InChI=1S/C12H18N4O2.C5H11NO/c1-12(6-3-2-4-7-12)16-11(18)15-10-13-8-5-9(17)14-10;1-3-5(7)6-4-2/h5,8H,2-4,6-7H2,1H3,(H3,13,14,15,16,17,18);3-4H2,1-2H3,(H,6,7). The van der Waals surface area contributed by atoms with Gasteiger partial charge in [0.15, 0.2) is 0 Å². The van der Waals surface area contributed by atoms with Crippen molar-refractivity contribution in [1.82, 2.24) is 20.6 Å². The topological polar surface area (TPSA) is 116 Å². The van der Waals surface area contributed by atoms with Gasteiger partial charge in [-0.1, -0.05) is 26.2 Å². The smallest absolute Gasteiger partial charge is 0.321 e. The molecule has 3 amide bonds. The molecule has 0 radical (unpaired) electrons. The van der Waals surface area contributed by atoms with E-state index in [1.807, 2.05) is 20.8 Å². The average Bonchev–Trinajstić information content (AvgIpc) is 2.55. The molecule has 1 aromatic heterocycles. The molecular weight excluding hydrogens is 322 g/mol. The molecule has 140 valence electrons. The second kappa shape index (κ2) is 10.5. The molecule has 1 aromatic rings. The van der Waals surface area contributed by atoms with Crippen molar-refractivity contribution in [2.45, 2.75) is 64.8 Å². The zero-order valence-electron chi connectivity index (χ0n) is 15.3. The second-order valence-corrected chi connectivity index (χ2v) is 6.29. The molecule has 1 saturated carbocycles. The largest absolute Gasteiger partial charge is 0.356 e. The molecular formula is C17H29N5O3. The SMILES string of the molecule is CC1(NC(=O)Nc2nccc(=O)[nH]2)CCCCC1.CCNC(=O)CC. The summed E-state index contributed by atoms with van der Waals surface area (Å²) in [5, 5.41) is 8.15. The highest BCUT2D eigenvalue weighted by Gasteiger charge is 2.28. The van der Waals surface area contributed by atoms with Gasteiger partial charge in [-0.05, 0) is 26.7 Å². The van der Waals surface area contributed by atoms with Crippen molar-refractivity contribution in [3.8, 4) is 0 Å². The second-order valence-electron chi connectivity index (χ2n) is 6.29. The fourth-order valence-electron chi connectivity index (χ4n) is 2.63. The minimum absolute atomic E-state index is 0.127. The van der Waals surface area contributed by atoms with Crippen LogP contribution in [0.3, 0.4) is 0 Å². The number of aromatic nitrogens is 2. The summed E-state index contributed by atoms with van der Waals surface area (Å²) in [5.41, 5.74) is -0.443. The zero-order chi connectivity index (χ0) is 18.7. The summed E-state index contributed by atoms with van der Waals surface area (Å²) in [6.07, 6.45) is 7.42. The Morgan fingerprint density at radius 2 is 1.92 bits per heavy atom. The number of urea groups is 1. The molecule has 0 bridgehead atoms. The quantitative estimate of drug-likeness (QED) is 0.665. The maximum Gasteiger partial charge on any atom is 0.321 e. The van der Waals surface area contributed by atoms with E-state index in [1.165, 1.54) is 18.7 Å². The summed E-state index contributed by atoms with van der Waals surface area (Å²) < 4.78 is 0. The summed E-state index contributed by atoms with van der Waals surface area (Å²) in [5.74, 6) is 0.293. The number of carbonyl (C=O) groups is 2. The summed E-state index contributed by atoms with van der Waals surface area (Å²) in [7, 11) is 0.